The first-order valence-electron chi connectivity index (χ1n) is 17.5. The highest BCUT2D eigenvalue weighted by molar-refractivity contribution is 6.38. The van der Waals surface area contributed by atoms with Gasteiger partial charge in [0.1, 0.15) is 24.5 Å². The van der Waals surface area contributed by atoms with Crippen LogP contribution >= 0.6 is 0 Å². The molecule has 0 aliphatic carbocycles. The molecule has 51 heavy (non-hydrogen) atoms. The summed E-state index contributed by atoms with van der Waals surface area (Å²) in [5.74, 6) is -0.817. The minimum Gasteiger partial charge on any atom is -0.493 e. The van der Waals surface area contributed by atoms with E-state index in [2.05, 4.69) is 0 Å². The Bertz CT molecular complexity index is 1430. The van der Waals surface area contributed by atoms with Crippen LogP contribution < -0.4 is 14.2 Å². The van der Waals surface area contributed by atoms with E-state index in [0.29, 0.717) is 74.7 Å². The zero-order valence-corrected chi connectivity index (χ0v) is 30.5. The molecular weight excluding hydrogens is 662 g/mol. The largest absolute Gasteiger partial charge is 0.493 e. The molecule has 1 N–H and O–H groups in total. The van der Waals surface area contributed by atoms with Crippen molar-refractivity contribution in [2.45, 2.75) is 71.4 Å². The molecule has 13 nitrogen and oxygen atoms in total. The van der Waals surface area contributed by atoms with E-state index in [1.165, 1.54) is 4.90 Å². The molecule has 0 saturated carbocycles. The van der Waals surface area contributed by atoms with Gasteiger partial charge >= 0.3 is 11.9 Å². The predicted molar refractivity (Wildman–Crippen MR) is 187 cm³/mol. The molecule has 282 valence electrons. The van der Waals surface area contributed by atoms with Crippen LogP contribution in [0.15, 0.2) is 42.5 Å². The Kier molecular flexibility index (Phi) is 17.2. The molecule has 1 aliphatic rings. The van der Waals surface area contributed by atoms with Gasteiger partial charge in [-0.2, -0.15) is 0 Å². The van der Waals surface area contributed by atoms with E-state index >= 15 is 0 Å². The maximum absolute atomic E-state index is 13.9. The van der Waals surface area contributed by atoms with Crippen molar-refractivity contribution in [3.63, 3.8) is 0 Å². The van der Waals surface area contributed by atoms with Crippen LogP contribution in [0.4, 0.5) is 0 Å². The number of hydrogen-bond donors (Lipinski definition) is 1. The predicted octanol–water partition coefficient (Wildman–Crippen LogP) is 4.25. The topological polar surface area (TPSA) is 156 Å². The van der Waals surface area contributed by atoms with Crippen LogP contribution in [0, 0.1) is 5.41 Å². The van der Waals surface area contributed by atoms with E-state index in [4.69, 9.17) is 38.3 Å². The highest BCUT2D eigenvalue weighted by Gasteiger charge is 2.41. The quantitative estimate of drug-likeness (QED) is 0.105. The van der Waals surface area contributed by atoms with Gasteiger partial charge in [-0.15, -0.1) is 0 Å². The Balaban J connectivity index is 1.73. The molecule has 0 unspecified atom stereocenters. The monoisotopic (exact) mass is 715 g/mol. The number of ether oxygens (including phenoxy) is 7. The van der Waals surface area contributed by atoms with Crippen molar-refractivity contribution < 1.29 is 57.4 Å². The molecule has 3 rings (SSSR count). The lowest BCUT2D eigenvalue weighted by molar-refractivity contribution is -0.164. The Morgan fingerprint density at radius 1 is 0.922 bits per heavy atom. The van der Waals surface area contributed by atoms with E-state index in [9.17, 15) is 19.2 Å². The van der Waals surface area contributed by atoms with Gasteiger partial charge in [0.2, 0.25) is 5.78 Å². The number of amides is 1. The van der Waals surface area contributed by atoms with Gasteiger partial charge in [0.25, 0.3) is 5.91 Å². The van der Waals surface area contributed by atoms with E-state index in [1.807, 2.05) is 25.1 Å². The second kappa shape index (κ2) is 21.2. The summed E-state index contributed by atoms with van der Waals surface area (Å²) in [4.78, 5) is 54.0. The number of hydrogen-bond acceptors (Lipinski definition) is 12. The molecule has 1 saturated heterocycles. The van der Waals surface area contributed by atoms with E-state index < -0.39 is 41.2 Å². The number of rotatable bonds is 22. The Morgan fingerprint density at radius 3 is 2.35 bits per heavy atom. The number of nitrogens with zero attached hydrogens (tertiary/aromatic N) is 1. The molecule has 0 bridgehead atoms. The number of ketones is 1. The van der Waals surface area contributed by atoms with E-state index in [1.54, 1.807) is 52.3 Å². The van der Waals surface area contributed by atoms with Gasteiger partial charge < -0.3 is 43.2 Å². The van der Waals surface area contributed by atoms with Gasteiger partial charge in [0.05, 0.1) is 47.3 Å². The third-order valence-corrected chi connectivity index (χ3v) is 8.82. The average molecular weight is 716 g/mol. The molecular formula is C38H53NO12. The minimum atomic E-state index is -0.891. The molecule has 2 atom stereocenters. The fraction of sp³-hybridized carbons (Fsp3) is 0.579. The molecule has 2 aromatic rings. The smallest absolute Gasteiger partial charge is 0.344 e. The zero-order valence-electron chi connectivity index (χ0n) is 30.5. The number of benzene rings is 2. The Morgan fingerprint density at radius 2 is 1.65 bits per heavy atom. The summed E-state index contributed by atoms with van der Waals surface area (Å²) in [5.41, 5.74) is 0.706. The number of carbonyl (C=O) groups excluding carboxylic acids is 4. The van der Waals surface area contributed by atoms with Gasteiger partial charge in [-0.1, -0.05) is 39.0 Å². The lowest BCUT2D eigenvalue weighted by Gasteiger charge is -2.36. The lowest BCUT2D eigenvalue weighted by atomic mass is 9.84. The molecule has 1 fully saturated rings. The number of carbonyl (C=O) groups is 4. The van der Waals surface area contributed by atoms with Gasteiger partial charge in [-0.3, -0.25) is 9.59 Å². The third kappa shape index (κ3) is 12.8. The number of piperidine rings is 1. The van der Waals surface area contributed by atoms with Crippen LogP contribution in [-0.4, -0.2) is 107 Å². The van der Waals surface area contributed by atoms with Crippen molar-refractivity contribution >= 4 is 23.6 Å². The molecule has 0 aromatic heterocycles. The van der Waals surface area contributed by atoms with Crippen LogP contribution in [0.3, 0.4) is 0 Å². The number of methoxy groups -OCH3 is 2. The second-order valence-electron chi connectivity index (χ2n) is 12.8. The number of aliphatic hydroxyl groups excluding tert-OH is 1. The number of esters is 2. The van der Waals surface area contributed by atoms with Crippen molar-refractivity contribution in [3.8, 4) is 17.2 Å². The van der Waals surface area contributed by atoms with Gasteiger partial charge in [0, 0.05) is 12.0 Å². The number of Topliss-reactive ketones (excluding diaryl/α,β-unsaturated/α-hetero) is 1. The lowest BCUT2D eigenvalue weighted by Crippen LogP contribution is -2.53. The molecule has 13 heteroatoms. The average Bonchev–Trinajstić information content (AvgIpc) is 3.15. The van der Waals surface area contributed by atoms with Gasteiger partial charge in [0.15, 0.2) is 18.1 Å². The number of likely N-dealkylation sites (tertiary alicyclic amines) is 1. The highest BCUT2D eigenvalue weighted by atomic mass is 16.6. The highest BCUT2D eigenvalue weighted by Crippen LogP contribution is 2.32. The summed E-state index contributed by atoms with van der Waals surface area (Å²) < 4.78 is 38.3. The zero-order chi connectivity index (χ0) is 37.2. The first-order valence-corrected chi connectivity index (χ1v) is 17.5. The fourth-order valence-electron chi connectivity index (χ4n) is 5.44. The summed E-state index contributed by atoms with van der Waals surface area (Å²) in [5, 5.41) is 8.71. The maximum Gasteiger partial charge on any atom is 0.344 e. The van der Waals surface area contributed by atoms with Crippen LogP contribution in [0.1, 0.15) is 70.1 Å². The maximum atomic E-state index is 13.9. The van der Waals surface area contributed by atoms with Crippen molar-refractivity contribution in [2.75, 3.05) is 67.0 Å². The standard InChI is InChI=1S/C38H53NO12/c1-6-38(2,3)35(42)36(43)39-17-8-7-12-30(39)37(44)51-31(15-13-27-14-16-32(45-4)33(24-27)46-5)28-10-9-11-29(25-28)50-26-34(41)49-23-22-48-21-20-47-19-18-40/h9-11,14,16,24-25,30-31,40H,6-8,12-13,15,17-23,26H2,1-5H3/t30-,31+/m0/s1. The van der Waals surface area contributed by atoms with Crippen molar-refractivity contribution in [3.05, 3.63) is 53.6 Å². The first-order chi connectivity index (χ1) is 24.5. The van der Waals surface area contributed by atoms with Crippen molar-refractivity contribution in [2.24, 2.45) is 5.41 Å². The summed E-state index contributed by atoms with van der Waals surface area (Å²) >= 11 is 0. The molecule has 1 amide bonds. The normalized spacial score (nSPS) is 15.1. The van der Waals surface area contributed by atoms with E-state index in [0.717, 1.165) is 12.0 Å². The van der Waals surface area contributed by atoms with Crippen LogP contribution in [-0.2, 0) is 44.5 Å². The van der Waals surface area contributed by atoms with Gasteiger partial charge in [-0.25, -0.2) is 9.59 Å². The minimum absolute atomic E-state index is 0.0403. The molecule has 0 radical (unpaired) electrons. The fourth-order valence-corrected chi connectivity index (χ4v) is 5.44. The number of aryl methyl sites for hydroxylation is 1. The first kappa shape index (κ1) is 41.2. The SMILES string of the molecule is CCC(C)(C)C(=O)C(=O)N1CCCC[C@H]1C(=O)O[C@H](CCc1ccc(OC)c(OC)c1)c1cccc(OCC(=O)OCCOCCOCCO)c1. The molecule has 2 aromatic carbocycles. The Hall–Kier alpha value is -4.20. The second-order valence-corrected chi connectivity index (χ2v) is 12.8. The van der Waals surface area contributed by atoms with Crippen LogP contribution in [0.2, 0.25) is 0 Å². The van der Waals surface area contributed by atoms with Crippen molar-refractivity contribution in [1.29, 1.82) is 0 Å². The van der Waals surface area contributed by atoms with Crippen LogP contribution in [0.25, 0.3) is 0 Å². The molecule has 1 heterocycles. The molecule has 1 aliphatic heterocycles. The Labute approximate surface area is 300 Å². The summed E-state index contributed by atoms with van der Waals surface area (Å²) in [6, 6.07) is 11.6. The van der Waals surface area contributed by atoms with Gasteiger partial charge in [-0.05, 0) is 73.9 Å². The summed E-state index contributed by atoms with van der Waals surface area (Å²) in [6.07, 6.45) is 2.42. The van der Waals surface area contributed by atoms with Crippen LogP contribution in [0.5, 0.6) is 17.2 Å². The summed E-state index contributed by atoms with van der Waals surface area (Å²) in [6.45, 7) is 6.31. The third-order valence-electron chi connectivity index (χ3n) is 8.82. The van der Waals surface area contributed by atoms with Crippen molar-refractivity contribution in [1.82, 2.24) is 4.90 Å². The molecule has 0 spiro atoms. The summed E-state index contributed by atoms with van der Waals surface area (Å²) in [7, 11) is 3.12. The van der Waals surface area contributed by atoms with E-state index in [-0.39, 0.29) is 33.0 Å². The number of aliphatic hydroxyl groups is 1.